The summed E-state index contributed by atoms with van der Waals surface area (Å²) in [7, 11) is 0. The van der Waals surface area contributed by atoms with Gasteiger partial charge in [0.25, 0.3) is 5.91 Å². The molecule has 6 heteroatoms. The number of rotatable bonds is 5. The maximum Gasteiger partial charge on any atom is 0.254 e. The van der Waals surface area contributed by atoms with Crippen molar-refractivity contribution in [3.05, 3.63) is 77.9 Å². The number of pyridine rings is 1. The van der Waals surface area contributed by atoms with E-state index in [1.54, 1.807) is 6.20 Å². The molecule has 0 fully saturated rings. The van der Waals surface area contributed by atoms with Gasteiger partial charge in [0, 0.05) is 24.3 Å². The smallest absolute Gasteiger partial charge is 0.254 e. The number of nitrogens with one attached hydrogen (secondary N) is 2. The van der Waals surface area contributed by atoms with E-state index in [1.165, 1.54) is 12.4 Å². The molecular weight excluding hydrogens is 302 g/mol. The summed E-state index contributed by atoms with van der Waals surface area (Å²) >= 11 is 0. The van der Waals surface area contributed by atoms with Crippen molar-refractivity contribution in [3.63, 3.8) is 0 Å². The molecule has 2 aromatic heterocycles. The fraction of sp³-hybridized carbons (Fsp3) is 0.111. The van der Waals surface area contributed by atoms with E-state index in [9.17, 15) is 4.79 Å². The summed E-state index contributed by atoms with van der Waals surface area (Å²) in [5, 5.41) is 5.92. The quantitative estimate of drug-likeness (QED) is 0.756. The molecule has 1 aromatic carbocycles. The summed E-state index contributed by atoms with van der Waals surface area (Å²) in [4.78, 5) is 24.6. The first kappa shape index (κ1) is 15.6. The van der Waals surface area contributed by atoms with Crippen molar-refractivity contribution in [1.82, 2.24) is 20.3 Å². The van der Waals surface area contributed by atoms with Gasteiger partial charge in [0.15, 0.2) is 0 Å². The second-order valence-corrected chi connectivity index (χ2v) is 5.24. The highest BCUT2D eigenvalue weighted by atomic mass is 16.1. The SMILES string of the molecule is Cc1ccccc1Nc1ncc(C(=O)NCc2ccccn2)cn1. The van der Waals surface area contributed by atoms with Gasteiger partial charge in [0.05, 0.1) is 17.8 Å². The summed E-state index contributed by atoms with van der Waals surface area (Å²) in [6.07, 6.45) is 4.69. The van der Waals surface area contributed by atoms with Gasteiger partial charge in [0.1, 0.15) is 0 Å². The van der Waals surface area contributed by atoms with Gasteiger partial charge in [0.2, 0.25) is 5.95 Å². The molecule has 6 nitrogen and oxygen atoms in total. The first-order valence-corrected chi connectivity index (χ1v) is 7.55. The summed E-state index contributed by atoms with van der Waals surface area (Å²) < 4.78 is 0. The van der Waals surface area contributed by atoms with Gasteiger partial charge in [-0.2, -0.15) is 0 Å². The molecule has 0 aliphatic rings. The molecule has 0 aliphatic carbocycles. The van der Waals surface area contributed by atoms with Crippen LogP contribution in [0.3, 0.4) is 0 Å². The van der Waals surface area contributed by atoms with Crippen LogP contribution >= 0.6 is 0 Å². The number of amides is 1. The zero-order valence-corrected chi connectivity index (χ0v) is 13.2. The summed E-state index contributed by atoms with van der Waals surface area (Å²) in [5.41, 5.74) is 3.23. The normalized spacial score (nSPS) is 10.2. The molecule has 0 unspecified atom stereocenters. The third-order valence-corrected chi connectivity index (χ3v) is 3.46. The minimum absolute atomic E-state index is 0.233. The molecule has 0 saturated carbocycles. The van der Waals surface area contributed by atoms with Crippen molar-refractivity contribution >= 4 is 17.5 Å². The average molecular weight is 319 g/mol. The molecule has 2 heterocycles. The van der Waals surface area contributed by atoms with Crippen LogP contribution in [-0.2, 0) is 6.54 Å². The third kappa shape index (κ3) is 3.92. The van der Waals surface area contributed by atoms with E-state index < -0.39 is 0 Å². The van der Waals surface area contributed by atoms with Gasteiger partial charge in [-0.3, -0.25) is 9.78 Å². The number of benzene rings is 1. The number of carbonyl (C=O) groups excluding carboxylic acids is 1. The van der Waals surface area contributed by atoms with Gasteiger partial charge in [-0.15, -0.1) is 0 Å². The van der Waals surface area contributed by atoms with E-state index in [-0.39, 0.29) is 5.91 Å². The number of aryl methyl sites for hydroxylation is 1. The number of hydrogen-bond acceptors (Lipinski definition) is 5. The van der Waals surface area contributed by atoms with Crippen LogP contribution in [0.25, 0.3) is 0 Å². The standard InChI is InChI=1S/C18H17N5O/c1-13-6-2-3-8-16(13)23-18-21-10-14(11-22-18)17(24)20-12-15-7-4-5-9-19-15/h2-11H,12H2,1H3,(H,20,24)(H,21,22,23). The lowest BCUT2D eigenvalue weighted by Gasteiger charge is -2.08. The molecule has 24 heavy (non-hydrogen) atoms. The lowest BCUT2D eigenvalue weighted by atomic mass is 10.2. The Kier molecular flexibility index (Phi) is 4.76. The summed E-state index contributed by atoms with van der Waals surface area (Å²) in [6, 6.07) is 13.4. The van der Waals surface area contributed by atoms with E-state index in [4.69, 9.17) is 0 Å². The zero-order valence-electron chi connectivity index (χ0n) is 13.2. The number of para-hydroxylation sites is 1. The van der Waals surface area contributed by atoms with Crippen molar-refractivity contribution in [2.45, 2.75) is 13.5 Å². The molecule has 1 amide bonds. The number of hydrogen-bond donors (Lipinski definition) is 2. The predicted octanol–water partition coefficient (Wildman–Crippen LogP) is 2.85. The third-order valence-electron chi connectivity index (χ3n) is 3.46. The van der Waals surface area contributed by atoms with Gasteiger partial charge in [-0.25, -0.2) is 9.97 Å². The van der Waals surface area contributed by atoms with Crippen LogP contribution in [0.15, 0.2) is 61.1 Å². The fourth-order valence-electron chi connectivity index (χ4n) is 2.12. The largest absolute Gasteiger partial charge is 0.346 e. The lowest BCUT2D eigenvalue weighted by Crippen LogP contribution is -2.23. The minimum Gasteiger partial charge on any atom is -0.346 e. The van der Waals surface area contributed by atoms with E-state index in [1.807, 2.05) is 49.4 Å². The zero-order chi connectivity index (χ0) is 16.8. The van der Waals surface area contributed by atoms with Crippen LogP contribution < -0.4 is 10.6 Å². The average Bonchev–Trinajstić information content (AvgIpc) is 2.63. The molecule has 120 valence electrons. The first-order valence-electron chi connectivity index (χ1n) is 7.55. The summed E-state index contributed by atoms with van der Waals surface area (Å²) in [6.45, 7) is 2.37. The van der Waals surface area contributed by atoms with Crippen LogP contribution in [0, 0.1) is 6.92 Å². The van der Waals surface area contributed by atoms with Gasteiger partial charge >= 0.3 is 0 Å². The number of carbonyl (C=O) groups is 1. The summed E-state index contributed by atoms with van der Waals surface area (Å²) in [5.74, 6) is 0.216. The van der Waals surface area contributed by atoms with Crippen molar-refractivity contribution in [2.24, 2.45) is 0 Å². The highest BCUT2D eigenvalue weighted by molar-refractivity contribution is 5.93. The highest BCUT2D eigenvalue weighted by Crippen LogP contribution is 2.16. The molecule has 0 spiro atoms. The Morgan fingerprint density at radius 2 is 1.75 bits per heavy atom. The number of aromatic nitrogens is 3. The molecule has 3 rings (SSSR count). The van der Waals surface area contributed by atoms with Crippen LogP contribution in [0.4, 0.5) is 11.6 Å². The molecule has 3 aromatic rings. The molecule has 0 atom stereocenters. The number of nitrogens with zero attached hydrogens (tertiary/aromatic N) is 3. The predicted molar refractivity (Wildman–Crippen MR) is 91.9 cm³/mol. The molecule has 0 bridgehead atoms. The minimum atomic E-state index is -0.233. The Hall–Kier alpha value is -3.28. The molecular formula is C18H17N5O. The van der Waals surface area contributed by atoms with E-state index >= 15 is 0 Å². The van der Waals surface area contributed by atoms with Crippen molar-refractivity contribution in [1.29, 1.82) is 0 Å². The number of anilines is 2. The van der Waals surface area contributed by atoms with Crippen LogP contribution in [0.2, 0.25) is 0 Å². The molecule has 0 saturated heterocycles. The van der Waals surface area contributed by atoms with Crippen LogP contribution in [-0.4, -0.2) is 20.9 Å². The molecule has 2 N–H and O–H groups in total. The van der Waals surface area contributed by atoms with E-state index in [2.05, 4.69) is 25.6 Å². The maximum absolute atomic E-state index is 12.1. The second-order valence-electron chi connectivity index (χ2n) is 5.24. The van der Waals surface area contributed by atoms with Gasteiger partial charge in [-0.05, 0) is 30.7 Å². The fourth-order valence-corrected chi connectivity index (χ4v) is 2.12. The Morgan fingerprint density at radius 1 is 1.00 bits per heavy atom. The molecule has 0 aliphatic heterocycles. The highest BCUT2D eigenvalue weighted by Gasteiger charge is 2.08. The van der Waals surface area contributed by atoms with Gasteiger partial charge in [-0.1, -0.05) is 24.3 Å². The lowest BCUT2D eigenvalue weighted by molar-refractivity contribution is 0.0949. The van der Waals surface area contributed by atoms with Crippen molar-refractivity contribution < 1.29 is 4.79 Å². The Morgan fingerprint density at radius 3 is 2.46 bits per heavy atom. The van der Waals surface area contributed by atoms with Crippen molar-refractivity contribution in [3.8, 4) is 0 Å². The Balaban J connectivity index is 1.61. The van der Waals surface area contributed by atoms with Crippen LogP contribution in [0.1, 0.15) is 21.6 Å². The second kappa shape index (κ2) is 7.32. The van der Waals surface area contributed by atoms with Gasteiger partial charge < -0.3 is 10.6 Å². The molecule has 0 radical (unpaired) electrons. The topological polar surface area (TPSA) is 79.8 Å². The van der Waals surface area contributed by atoms with E-state index in [0.29, 0.717) is 18.1 Å². The Labute approximate surface area is 140 Å². The Bertz CT molecular complexity index is 818. The van der Waals surface area contributed by atoms with Crippen LogP contribution in [0.5, 0.6) is 0 Å². The first-order chi connectivity index (χ1) is 11.7. The monoisotopic (exact) mass is 319 g/mol. The maximum atomic E-state index is 12.1. The van der Waals surface area contributed by atoms with Crippen molar-refractivity contribution in [2.75, 3.05) is 5.32 Å². The van der Waals surface area contributed by atoms with E-state index in [0.717, 1.165) is 16.9 Å².